The van der Waals surface area contributed by atoms with Crippen LogP contribution in [0.1, 0.15) is 69.7 Å². The number of hydrogen-bond acceptors (Lipinski definition) is 6. The van der Waals surface area contributed by atoms with Gasteiger partial charge in [-0.05, 0) is 111 Å². The van der Waals surface area contributed by atoms with Gasteiger partial charge in [0.1, 0.15) is 11.6 Å². The van der Waals surface area contributed by atoms with Crippen LogP contribution in [0.4, 0.5) is 10.1 Å². The molecule has 0 radical (unpaired) electrons. The maximum absolute atomic E-state index is 15.1. The van der Waals surface area contributed by atoms with Gasteiger partial charge in [-0.25, -0.2) is 17.8 Å². The number of carbonyl (C=O) groups excluding carboxylic acids is 1. The van der Waals surface area contributed by atoms with E-state index in [0.29, 0.717) is 23.3 Å². The Labute approximate surface area is 297 Å². The summed E-state index contributed by atoms with van der Waals surface area (Å²) in [7, 11) is -3.20. The van der Waals surface area contributed by atoms with E-state index in [1.807, 2.05) is 24.4 Å². The van der Waals surface area contributed by atoms with Crippen LogP contribution in [0.25, 0.3) is 0 Å². The van der Waals surface area contributed by atoms with Crippen molar-refractivity contribution in [2.24, 2.45) is 17.8 Å². The topological polar surface area (TPSA) is 87.5 Å². The third-order valence-corrected chi connectivity index (χ3v) is 14.7. The summed E-state index contributed by atoms with van der Waals surface area (Å²) in [5.41, 5.74) is 1.73. The molecule has 1 unspecified atom stereocenters. The zero-order chi connectivity index (χ0) is 34.9. The molecule has 7 rings (SSSR count). The van der Waals surface area contributed by atoms with Crippen molar-refractivity contribution in [3.8, 4) is 0 Å². The number of sulfone groups is 1. The van der Waals surface area contributed by atoms with Crippen LogP contribution in [0.5, 0.6) is 0 Å². The molecule has 50 heavy (non-hydrogen) atoms. The Morgan fingerprint density at radius 1 is 1.04 bits per heavy atom. The van der Waals surface area contributed by atoms with E-state index in [-0.39, 0.29) is 34.3 Å². The quantitative estimate of drug-likeness (QED) is 0.215. The lowest BCUT2D eigenvalue weighted by molar-refractivity contribution is -0.117. The van der Waals surface area contributed by atoms with Crippen LogP contribution < -0.4 is 10.2 Å². The van der Waals surface area contributed by atoms with Gasteiger partial charge in [0.25, 0.3) is 0 Å². The third kappa shape index (κ3) is 6.77. The van der Waals surface area contributed by atoms with Crippen molar-refractivity contribution >= 4 is 21.4 Å². The molecular weight excluding hydrogens is 650 g/mol. The first-order valence-electron chi connectivity index (χ1n) is 18.7. The van der Waals surface area contributed by atoms with Crippen LogP contribution in [0.3, 0.4) is 0 Å². The molecule has 0 bridgehead atoms. The van der Waals surface area contributed by atoms with E-state index in [9.17, 15) is 13.2 Å². The minimum absolute atomic E-state index is 0.0104. The number of anilines is 1. The molecule has 2 saturated heterocycles. The summed E-state index contributed by atoms with van der Waals surface area (Å²) in [5, 5.41) is 3.08. The van der Waals surface area contributed by atoms with Crippen LogP contribution in [0.2, 0.25) is 0 Å². The summed E-state index contributed by atoms with van der Waals surface area (Å²) in [5.74, 6) is 1.66. The second-order valence-corrected chi connectivity index (χ2v) is 17.4. The molecule has 2 aliphatic carbocycles. The summed E-state index contributed by atoms with van der Waals surface area (Å²) < 4.78 is 43.1. The molecule has 4 aliphatic rings. The van der Waals surface area contributed by atoms with Gasteiger partial charge in [0.2, 0.25) is 5.91 Å². The number of likely N-dealkylation sites (tertiary alicyclic amines) is 1. The van der Waals surface area contributed by atoms with Crippen molar-refractivity contribution in [2.45, 2.75) is 92.9 Å². The molecule has 3 heterocycles. The zero-order valence-corrected chi connectivity index (χ0v) is 30.2. The molecule has 1 N–H and O–H groups in total. The predicted molar refractivity (Wildman–Crippen MR) is 195 cm³/mol. The number of nitrogens with one attached hydrogen (secondary N) is 1. The second-order valence-electron chi connectivity index (χ2n) is 15.2. The molecule has 1 amide bonds. The van der Waals surface area contributed by atoms with E-state index in [4.69, 9.17) is 0 Å². The number of hydrogen-bond donors (Lipinski definition) is 1. The highest BCUT2D eigenvalue weighted by Crippen LogP contribution is 2.52. The first-order chi connectivity index (χ1) is 24.2. The monoisotopic (exact) mass is 701 g/mol. The Kier molecular flexibility index (Phi) is 10.2. The van der Waals surface area contributed by atoms with Crippen LogP contribution in [-0.2, 0) is 33.0 Å². The lowest BCUT2D eigenvalue weighted by Crippen LogP contribution is -2.56. The average Bonchev–Trinajstić information content (AvgIpc) is 3.73. The lowest BCUT2D eigenvalue weighted by atomic mass is 9.58. The predicted octanol–water partition coefficient (Wildman–Crippen LogP) is 6.17. The average molecular weight is 702 g/mol. The third-order valence-electron chi connectivity index (χ3n) is 12.4. The summed E-state index contributed by atoms with van der Waals surface area (Å²) >= 11 is 0. The van der Waals surface area contributed by atoms with Crippen LogP contribution in [0, 0.1) is 23.6 Å². The second kappa shape index (κ2) is 14.6. The summed E-state index contributed by atoms with van der Waals surface area (Å²) in [4.78, 5) is 22.7. The van der Waals surface area contributed by atoms with E-state index in [2.05, 4.69) is 50.4 Å². The van der Waals surface area contributed by atoms with Crippen molar-refractivity contribution in [1.82, 2.24) is 19.8 Å². The van der Waals surface area contributed by atoms with Gasteiger partial charge < -0.3 is 19.7 Å². The molecule has 3 atom stereocenters. The molecule has 0 spiro atoms. The van der Waals surface area contributed by atoms with Crippen molar-refractivity contribution in [3.05, 3.63) is 90.8 Å². The number of imidazole rings is 1. The minimum atomic E-state index is -3.20. The van der Waals surface area contributed by atoms with Crippen molar-refractivity contribution in [2.75, 3.05) is 37.6 Å². The molecule has 268 valence electrons. The van der Waals surface area contributed by atoms with Gasteiger partial charge in [-0.2, -0.15) is 0 Å². The van der Waals surface area contributed by atoms with Gasteiger partial charge in [-0.15, -0.1) is 0 Å². The van der Waals surface area contributed by atoms with Crippen LogP contribution in [0.15, 0.2) is 78.5 Å². The fourth-order valence-corrected chi connectivity index (χ4v) is 11.4. The first-order valence-corrected chi connectivity index (χ1v) is 20.3. The Morgan fingerprint density at radius 2 is 1.78 bits per heavy atom. The summed E-state index contributed by atoms with van der Waals surface area (Å²) in [6, 6.07) is 14.7. The van der Waals surface area contributed by atoms with Gasteiger partial charge in [-0.1, -0.05) is 38.5 Å². The van der Waals surface area contributed by atoms with E-state index >= 15 is 4.39 Å². The first kappa shape index (κ1) is 34.9. The fraction of sp³-hybridized carbons (Fsp3) is 0.550. The maximum atomic E-state index is 15.1. The summed E-state index contributed by atoms with van der Waals surface area (Å²) in [6.45, 7) is 11.5. The Hall–Kier alpha value is -3.50. The minimum Gasteiger partial charge on any atom is -0.371 e. The number of aryl methyl sites for hydroxylation is 1. The number of aromatic nitrogens is 2. The smallest absolute Gasteiger partial charge is 0.243 e. The Morgan fingerprint density at radius 3 is 2.44 bits per heavy atom. The normalized spacial score (nSPS) is 23.6. The maximum Gasteiger partial charge on any atom is 0.243 e. The van der Waals surface area contributed by atoms with E-state index in [1.165, 1.54) is 12.1 Å². The van der Waals surface area contributed by atoms with Gasteiger partial charge in [0, 0.05) is 68.1 Å². The molecule has 10 heteroatoms. The van der Waals surface area contributed by atoms with Crippen molar-refractivity contribution in [3.63, 3.8) is 0 Å². The molecule has 3 aromatic rings. The van der Waals surface area contributed by atoms with Gasteiger partial charge in [0.05, 0.1) is 10.1 Å². The highest BCUT2D eigenvalue weighted by molar-refractivity contribution is 7.92. The Balaban J connectivity index is 1.06. The number of halogens is 1. The Bertz CT molecular complexity index is 1760. The number of nitrogens with zero attached hydrogens (tertiary/aromatic N) is 4. The van der Waals surface area contributed by atoms with E-state index in [1.54, 1.807) is 18.2 Å². The van der Waals surface area contributed by atoms with Crippen LogP contribution in [-0.4, -0.2) is 72.8 Å². The van der Waals surface area contributed by atoms with Gasteiger partial charge >= 0.3 is 0 Å². The largest absolute Gasteiger partial charge is 0.371 e. The number of piperidine rings is 1. The summed E-state index contributed by atoms with van der Waals surface area (Å²) in [6.07, 6.45) is 13.6. The SMILES string of the molecule is C=CC(=O)N[C@H]1CCC[C@@H]1C(Cn1ccnc1CC)(c1cccc(F)c1)C1CCN(CC2CN(c3ccc(S(=O)(=O)C4CCC4)cc3)C2)CC1. The van der Waals surface area contributed by atoms with Gasteiger partial charge in [-0.3, -0.25) is 4.79 Å². The molecule has 2 aromatic carbocycles. The standard InChI is InChI=1S/C40H52FN5O3S/c1-3-38-42-20-23-45(38)28-40(31-8-5-9-32(41)24-31,36-12-7-13-37(36)43-39(47)4-2)30-18-21-44(22-19-30)25-29-26-46(27-29)33-14-16-35(17-15-33)50(48,49)34-10-6-11-34/h4-5,8-9,14-17,20,23-24,29-30,34,36-37H,2-3,6-7,10-13,18-19,21-22,25-28H2,1H3,(H,43,47)/t36-,37-,40?/m0/s1. The van der Waals surface area contributed by atoms with Gasteiger partial charge in [0.15, 0.2) is 9.84 Å². The van der Waals surface area contributed by atoms with Crippen molar-refractivity contribution < 1.29 is 17.6 Å². The molecule has 8 nitrogen and oxygen atoms in total. The number of carbonyl (C=O) groups is 1. The van der Waals surface area contributed by atoms with Crippen LogP contribution >= 0.6 is 0 Å². The number of amides is 1. The van der Waals surface area contributed by atoms with E-state index in [0.717, 1.165) is 108 Å². The highest BCUT2D eigenvalue weighted by atomic mass is 32.2. The fourth-order valence-electron chi connectivity index (χ4n) is 9.55. The molecule has 2 saturated carbocycles. The highest BCUT2D eigenvalue weighted by Gasteiger charge is 2.52. The number of rotatable bonds is 13. The lowest BCUT2D eigenvalue weighted by Gasteiger charge is -2.51. The number of benzene rings is 2. The zero-order valence-electron chi connectivity index (χ0n) is 29.4. The molecule has 1 aromatic heterocycles. The van der Waals surface area contributed by atoms with Crippen molar-refractivity contribution in [1.29, 1.82) is 0 Å². The van der Waals surface area contributed by atoms with E-state index < -0.39 is 9.84 Å². The molecule has 4 fully saturated rings. The molecular formula is C40H52FN5O3S. The molecule has 2 aliphatic heterocycles.